The minimum atomic E-state index is -4.89. The van der Waals surface area contributed by atoms with Gasteiger partial charge in [0.25, 0.3) is 0 Å². The second-order valence-corrected chi connectivity index (χ2v) is 6.22. The number of aromatic nitrogens is 2. The van der Waals surface area contributed by atoms with Crippen LogP contribution in [0.15, 0.2) is 41.7 Å². The molecule has 29 heavy (non-hydrogen) atoms. The topological polar surface area (TPSA) is 74.5 Å². The predicted octanol–water partition coefficient (Wildman–Crippen LogP) is 3.07. The zero-order chi connectivity index (χ0) is 20.8. The second kappa shape index (κ2) is 10.8. The van der Waals surface area contributed by atoms with Gasteiger partial charge in [-0.15, -0.1) is 24.0 Å². The maximum absolute atomic E-state index is 13.5. The summed E-state index contributed by atoms with van der Waals surface area (Å²) < 4.78 is 54.6. The molecule has 0 saturated heterocycles. The molecular formula is C18H24F4IN5O. The van der Waals surface area contributed by atoms with E-state index < -0.39 is 24.0 Å². The van der Waals surface area contributed by atoms with Gasteiger partial charge in [0, 0.05) is 39.0 Å². The molecule has 1 atom stereocenters. The Morgan fingerprint density at radius 2 is 1.86 bits per heavy atom. The Kier molecular flexibility index (Phi) is 9.33. The van der Waals surface area contributed by atoms with Crippen LogP contribution in [0.4, 0.5) is 17.6 Å². The number of benzene rings is 1. The van der Waals surface area contributed by atoms with E-state index in [-0.39, 0.29) is 48.8 Å². The number of nitrogens with one attached hydrogen (secondary N) is 2. The van der Waals surface area contributed by atoms with Crippen molar-refractivity contribution in [1.82, 2.24) is 20.2 Å². The van der Waals surface area contributed by atoms with Gasteiger partial charge in [0.1, 0.15) is 11.6 Å². The number of halogens is 5. The molecule has 11 heteroatoms. The van der Waals surface area contributed by atoms with E-state index in [2.05, 4.69) is 20.6 Å². The van der Waals surface area contributed by atoms with Crippen molar-refractivity contribution in [2.75, 3.05) is 13.1 Å². The van der Waals surface area contributed by atoms with E-state index in [9.17, 15) is 22.7 Å². The lowest BCUT2D eigenvalue weighted by Crippen LogP contribution is -2.47. The normalized spacial score (nSPS) is 14.1. The summed E-state index contributed by atoms with van der Waals surface area (Å²) in [6.45, 7) is 2.34. The first-order valence-corrected chi connectivity index (χ1v) is 8.71. The van der Waals surface area contributed by atoms with Crippen molar-refractivity contribution in [1.29, 1.82) is 0 Å². The van der Waals surface area contributed by atoms with Crippen LogP contribution < -0.4 is 10.6 Å². The third kappa shape index (κ3) is 6.56. The van der Waals surface area contributed by atoms with Crippen molar-refractivity contribution in [2.24, 2.45) is 12.0 Å². The highest BCUT2D eigenvalue weighted by molar-refractivity contribution is 14.0. The van der Waals surface area contributed by atoms with Gasteiger partial charge in [-0.3, -0.25) is 0 Å². The van der Waals surface area contributed by atoms with Crippen LogP contribution in [0.2, 0.25) is 0 Å². The third-order valence-corrected chi connectivity index (χ3v) is 4.12. The van der Waals surface area contributed by atoms with Crippen molar-refractivity contribution in [3.05, 3.63) is 53.9 Å². The number of guanidine groups is 1. The number of rotatable bonds is 7. The summed E-state index contributed by atoms with van der Waals surface area (Å²) in [5.74, 6) is -0.551. The smallest absolute Gasteiger partial charge is 0.374 e. The summed E-state index contributed by atoms with van der Waals surface area (Å²) >= 11 is 0. The number of hydrogen-bond donors (Lipinski definition) is 3. The van der Waals surface area contributed by atoms with Gasteiger partial charge in [-0.2, -0.15) is 13.2 Å². The van der Waals surface area contributed by atoms with Crippen LogP contribution in [-0.2, 0) is 19.2 Å². The summed E-state index contributed by atoms with van der Waals surface area (Å²) in [4.78, 5) is 7.92. The molecule has 6 nitrogen and oxygen atoms in total. The van der Waals surface area contributed by atoms with Gasteiger partial charge in [0.05, 0.1) is 6.54 Å². The lowest BCUT2D eigenvalue weighted by Gasteiger charge is -2.30. The minimum absolute atomic E-state index is 0. The Morgan fingerprint density at radius 3 is 2.38 bits per heavy atom. The number of nitrogens with zero attached hydrogens (tertiary/aromatic N) is 3. The molecule has 0 bridgehead atoms. The van der Waals surface area contributed by atoms with Crippen LogP contribution in [0.1, 0.15) is 24.7 Å². The third-order valence-electron chi connectivity index (χ3n) is 4.12. The fraction of sp³-hybridized carbons (Fsp3) is 0.444. The molecule has 0 spiro atoms. The average Bonchev–Trinajstić information content (AvgIpc) is 3.06. The quantitative estimate of drug-likeness (QED) is 0.223. The summed E-state index contributed by atoms with van der Waals surface area (Å²) in [6.07, 6.45) is -3.00. The van der Waals surface area contributed by atoms with Crippen LogP contribution >= 0.6 is 24.0 Å². The Bertz CT molecular complexity index is 794. The number of alkyl halides is 3. The van der Waals surface area contributed by atoms with Crippen LogP contribution in [0.3, 0.4) is 0 Å². The van der Waals surface area contributed by atoms with Gasteiger partial charge < -0.3 is 20.3 Å². The molecule has 0 aliphatic rings. The number of imidazole rings is 1. The van der Waals surface area contributed by atoms with E-state index in [1.165, 1.54) is 31.6 Å². The van der Waals surface area contributed by atoms with Gasteiger partial charge in [0.2, 0.25) is 5.60 Å². The van der Waals surface area contributed by atoms with Crippen LogP contribution in [0, 0.1) is 5.82 Å². The highest BCUT2D eigenvalue weighted by Gasteiger charge is 2.57. The Morgan fingerprint density at radius 1 is 1.21 bits per heavy atom. The second-order valence-electron chi connectivity index (χ2n) is 6.22. The summed E-state index contributed by atoms with van der Waals surface area (Å²) in [5, 5.41) is 16.0. The molecule has 0 aliphatic carbocycles. The maximum atomic E-state index is 13.5. The van der Waals surface area contributed by atoms with Crippen molar-refractivity contribution in [3.8, 4) is 0 Å². The van der Waals surface area contributed by atoms with Crippen molar-refractivity contribution >= 4 is 29.9 Å². The first kappa shape index (κ1) is 25.1. The van der Waals surface area contributed by atoms with Crippen molar-refractivity contribution in [3.63, 3.8) is 0 Å². The molecule has 0 aliphatic heterocycles. The summed E-state index contributed by atoms with van der Waals surface area (Å²) in [5.41, 5.74) is -2.34. The molecule has 1 unspecified atom stereocenters. The first-order chi connectivity index (χ1) is 13.2. The minimum Gasteiger partial charge on any atom is -0.374 e. The molecule has 1 aromatic heterocycles. The predicted molar refractivity (Wildman–Crippen MR) is 112 cm³/mol. The number of hydrogen-bond acceptors (Lipinski definition) is 3. The molecule has 2 rings (SSSR count). The summed E-state index contributed by atoms with van der Waals surface area (Å²) in [7, 11) is 1.39. The SMILES string of the molecule is CCNC(=NCc1ccc(F)cc1)NCCC(O)(c1nccn1C)C(F)(F)F.I. The molecule has 162 valence electrons. The molecule has 1 heterocycles. The summed E-state index contributed by atoms with van der Waals surface area (Å²) in [6, 6.07) is 5.76. The molecule has 2 aromatic rings. The zero-order valence-corrected chi connectivity index (χ0v) is 18.3. The standard InChI is InChI=1S/C18H23F4N5O.HI/c1-3-23-16(26-12-13-4-6-14(19)7-5-13)25-9-8-17(28,18(20,21)22)15-24-10-11-27(15)2;/h4-7,10-11,28H,3,8-9,12H2,1-2H3,(H2,23,25,26);1H. The average molecular weight is 529 g/mol. The van der Waals surface area contributed by atoms with E-state index in [1.54, 1.807) is 12.1 Å². The molecule has 0 radical (unpaired) electrons. The zero-order valence-electron chi connectivity index (χ0n) is 16.0. The molecule has 1 aromatic carbocycles. The molecule has 0 amide bonds. The van der Waals surface area contributed by atoms with Crippen LogP contribution in [-0.4, -0.2) is 39.9 Å². The number of aliphatic imine (C=N–C) groups is 1. The molecule has 0 fully saturated rings. The lowest BCUT2D eigenvalue weighted by atomic mass is 9.97. The lowest BCUT2D eigenvalue weighted by molar-refractivity contribution is -0.272. The number of aryl methyl sites for hydroxylation is 1. The maximum Gasteiger partial charge on any atom is 0.424 e. The highest BCUT2D eigenvalue weighted by Crippen LogP contribution is 2.40. The Balaban J connectivity index is 0.00000420. The van der Waals surface area contributed by atoms with Gasteiger partial charge in [-0.25, -0.2) is 14.4 Å². The molecule has 3 N–H and O–H groups in total. The van der Waals surface area contributed by atoms with Gasteiger partial charge in [-0.05, 0) is 24.6 Å². The molecular weight excluding hydrogens is 505 g/mol. The van der Waals surface area contributed by atoms with Crippen LogP contribution in [0.25, 0.3) is 0 Å². The fourth-order valence-corrected chi connectivity index (χ4v) is 2.61. The Labute approximate surface area is 183 Å². The van der Waals surface area contributed by atoms with Crippen molar-refractivity contribution < 1.29 is 22.7 Å². The van der Waals surface area contributed by atoms with Crippen LogP contribution in [0.5, 0.6) is 0 Å². The molecule has 0 saturated carbocycles. The van der Waals surface area contributed by atoms with E-state index in [1.807, 2.05) is 6.92 Å². The van der Waals surface area contributed by atoms with E-state index >= 15 is 0 Å². The van der Waals surface area contributed by atoms with Gasteiger partial charge in [-0.1, -0.05) is 12.1 Å². The van der Waals surface area contributed by atoms with E-state index in [0.29, 0.717) is 6.54 Å². The van der Waals surface area contributed by atoms with Crippen molar-refractivity contribution in [2.45, 2.75) is 31.7 Å². The van der Waals surface area contributed by atoms with Gasteiger partial charge >= 0.3 is 6.18 Å². The fourth-order valence-electron chi connectivity index (χ4n) is 2.61. The number of aliphatic hydroxyl groups is 1. The monoisotopic (exact) mass is 529 g/mol. The first-order valence-electron chi connectivity index (χ1n) is 8.71. The van der Waals surface area contributed by atoms with E-state index in [0.717, 1.165) is 10.1 Å². The van der Waals surface area contributed by atoms with Gasteiger partial charge in [0.15, 0.2) is 5.96 Å². The Hall–Kier alpha value is -1.89. The highest BCUT2D eigenvalue weighted by atomic mass is 127. The largest absolute Gasteiger partial charge is 0.424 e. The van der Waals surface area contributed by atoms with E-state index in [4.69, 9.17) is 0 Å².